The molecule has 0 aliphatic heterocycles. The molecule has 0 fully saturated rings. The van der Waals surface area contributed by atoms with Crippen LogP contribution in [0.1, 0.15) is 5.56 Å². The van der Waals surface area contributed by atoms with Crippen LogP contribution in [0.2, 0.25) is 0 Å². The topological polar surface area (TPSA) is 43.1 Å². The fourth-order valence-electron chi connectivity index (χ4n) is 0.786. The zero-order valence-corrected chi connectivity index (χ0v) is 6.77. The molecule has 1 aromatic carbocycles. The molecular formula is C9H4F3NO. The van der Waals surface area contributed by atoms with E-state index in [0.717, 1.165) is 0 Å². The number of rotatable bonds is 0. The number of nitrogens with two attached hydrogens (primary N) is 1. The lowest BCUT2D eigenvalue weighted by Gasteiger charge is -1.96. The molecule has 0 saturated carbocycles. The van der Waals surface area contributed by atoms with Gasteiger partial charge in [-0.05, 0) is 0 Å². The molecule has 0 bridgehead atoms. The van der Waals surface area contributed by atoms with E-state index < -0.39 is 28.9 Å². The highest BCUT2D eigenvalue weighted by molar-refractivity contribution is 5.92. The normalized spacial score (nSPS) is 9.07. The molecule has 1 amide bonds. The molecule has 0 aromatic heterocycles. The van der Waals surface area contributed by atoms with E-state index in [-0.39, 0.29) is 0 Å². The minimum atomic E-state index is -1.17. The first kappa shape index (κ1) is 10.1. The molecule has 1 rings (SSSR count). The Morgan fingerprint density at radius 2 is 1.71 bits per heavy atom. The molecule has 0 aliphatic carbocycles. The Hall–Kier alpha value is -1.96. The molecule has 2 N–H and O–H groups in total. The fourth-order valence-corrected chi connectivity index (χ4v) is 0.786. The van der Waals surface area contributed by atoms with Gasteiger partial charge in [-0.2, -0.15) is 0 Å². The van der Waals surface area contributed by atoms with Crippen molar-refractivity contribution >= 4 is 5.91 Å². The van der Waals surface area contributed by atoms with Gasteiger partial charge in [0, 0.05) is 18.1 Å². The SMILES string of the molecule is NC(=O)C#Cc1c(F)cc(F)cc1F. The maximum Gasteiger partial charge on any atom is 0.293 e. The van der Waals surface area contributed by atoms with Crippen LogP contribution in [0.15, 0.2) is 12.1 Å². The summed E-state index contributed by atoms with van der Waals surface area (Å²) in [5, 5.41) is 0. The lowest BCUT2D eigenvalue weighted by molar-refractivity contribution is -0.112. The van der Waals surface area contributed by atoms with Crippen LogP contribution >= 0.6 is 0 Å². The highest BCUT2D eigenvalue weighted by Crippen LogP contribution is 2.12. The Morgan fingerprint density at radius 1 is 1.21 bits per heavy atom. The van der Waals surface area contributed by atoms with Crippen LogP contribution in [-0.4, -0.2) is 5.91 Å². The van der Waals surface area contributed by atoms with Gasteiger partial charge in [0.2, 0.25) is 0 Å². The predicted molar refractivity (Wildman–Crippen MR) is 42.4 cm³/mol. The minimum Gasteiger partial charge on any atom is -0.359 e. The smallest absolute Gasteiger partial charge is 0.293 e. The van der Waals surface area contributed by atoms with Crippen molar-refractivity contribution in [3.8, 4) is 11.8 Å². The van der Waals surface area contributed by atoms with Crippen molar-refractivity contribution in [3.05, 3.63) is 35.1 Å². The molecule has 0 radical (unpaired) electrons. The maximum atomic E-state index is 12.8. The van der Waals surface area contributed by atoms with Crippen LogP contribution in [0.25, 0.3) is 0 Å². The first-order valence-corrected chi connectivity index (χ1v) is 3.46. The number of carbonyl (C=O) groups excluding carboxylic acids is 1. The van der Waals surface area contributed by atoms with Crippen molar-refractivity contribution in [1.82, 2.24) is 0 Å². The average Bonchev–Trinajstić information content (AvgIpc) is 2.01. The van der Waals surface area contributed by atoms with Crippen LogP contribution < -0.4 is 5.73 Å². The summed E-state index contributed by atoms with van der Waals surface area (Å²) in [6.07, 6.45) is 0. The molecule has 0 saturated heterocycles. The van der Waals surface area contributed by atoms with Gasteiger partial charge in [0.1, 0.15) is 17.5 Å². The van der Waals surface area contributed by atoms with Crippen molar-refractivity contribution in [2.75, 3.05) is 0 Å². The molecular weight excluding hydrogens is 195 g/mol. The van der Waals surface area contributed by atoms with Crippen molar-refractivity contribution in [2.45, 2.75) is 0 Å². The van der Waals surface area contributed by atoms with E-state index in [4.69, 9.17) is 0 Å². The van der Waals surface area contributed by atoms with Crippen LogP contribution in [0.5, 0.6) is 0 Å². The summed E-state index contributed by atoms with van der Waals surface area (Å²) in [6, 6.07) is 0.933. The second-order valence-corrected chi connectivity index (χ2v) is 2.36. The van der Waals surface area contributed by atoms with Gasteiger partial charge in [-0.15, -0.1) is 0 Å². The maximum absolute atomic E-state index is 12.8. The monoisotopic (exact) mass is 199 g/mol. The molecule has 2 nitrogen and oxygen atoms in total. The van der Waals surface area contributed by atoms with Gasteiger partial charge in [-0.3, -0.25) is 4.79 Å². The average molecular weight is 199 g/mol. The van der Waals surface area contributed by atoms with Crippen LogP contribution in [0, 0.1) is 29.3 Å². The third kappa shape index (κ3) is 2.26. The van der Waals surface area contributed by atoms with Gasteiger partial charge < -0.3 is 5.73 Å². The Balaban J connectivity index is 3.24. The number of primary amides is 1. The van der Waals surface area contributed by atoms with E-state index in [0.29, 0.717) is 12.1 Å². The van der Waals surface area contributed by atoms with Gasteiger partial charge in [0.05, 0.1) is 5.56 Å². The number of carbonyl (C=O) groups is 1. The summed E-state index contributed by atoms with van der Waals surface area (Å²) in [5.74, 6) is -0.796. The van der Waals surface area contributed by atoms with Gasteiger partial charge >= 0.3 is 0 Å². The predicted octanol–water partition coefficient (Wildman–Crippen LogP) is 0.941. The standard InChI is InChI=1S/C9H4F3NO/c10-5-3-7(11)6(8(12)4-5)1-2-9(13)14/h3-4H,(H2,13,14). The zero-order valence-electron chi connectivity index (χ0n) is 6.77. The summed E-state index contributed by atoms with van der Waals surface area (Å²) >= 11 is 0. The molecule has 5 heteroatoms. The van der Waals surface area contributed by atoms with Gasteiger partial charge in [-0.25, -0.2) is 13.2 Å². The quantitative estimate of drug-likeness (QED) is 0.621. The molecule has 0 heterocycles. The minimum absolute atomic E-state index is 0.466. The molecule has 14 heavy (non-hydrogen) atoms. The first-order valence-electron chi connectivity index (χ1n) is 3.46. The molecule has 1 aromatic rings. The van der Waals surface area contributed by atoms with Crippen LogP contribution in [-0.2, 0) is 4.79 Å². The number of benzene rings is 1. The Morgan fingerprint density at radius 3 is 2.14 bits per heavy atom. The molecule has 0 aliphatic rings. The molecule has 0 spiro atoms. The molecule has 0 atom stereocenters. The second kappa shape index (κ2) is 3.83. The van der Waals surface area contributed by atoms with E-state index in [2.05, 4.69) is 5.73 Å². The van der Waals surface area contributed by atoms with Gasteiger partial charge in [-0.1, -0.05) is 5.92 Å². The summed E-state index contributed by atoms with van der Waals surface area (Å²) in [5.41, 5.74) is 3.96. The van der Waals surface area contributed by atoms with E-state index in [1.807, 2.05) is 5.92 Å². The Labute approximate surface area is 77.5 Å². The summed E-state index contributed by atoms with van der Waals surface area (Å²) in [6.45, 7) is 0. The largest absolute Gasteiger partial charge is 0.359 e. The van der Waals surface area contributed by atoms with Gasteiger partial charge in [0.25, 0.3) is 5.91 Å². The Bertz CT molecular complexity index is 422. The van der Waals surface area contributed by atoms with E-state index >= 15 is 0 Å². The summed E-state index contributed by atoms with van der Waals surface area (Å²) in [7, 11) is 0. The van der Waals surface area contributed by atoms with E-state index in [9.17, 15) is 18.0 Å². The van der Waals surface area contributed by atoms with E-state index in [1.165, 1.54) is 0 Å². The number of amides is 1. The number of hydrogen-bond donors (Lipinski definition) is 1. The lowest BCUT2D eigenvalue weighted by Crippen LogP contribution is -2.06. The second-order valence-electron chi connectivity index (χ2n) is 2.36. The van der Waals surface area contributed by atoms with Crippen LogP contribution in [0.4, 0.5) is 13.2 Å². The number of halogens is 3. The first-order chi connectivity index (χ1) is 6.50. The zero-order chi connectivity index (χ0) is 10.7. The van der Waals surface area contributed by atoms with Gasteiger partial charge in [0.15, 0.2) is 0 Å². The third-order valence-electron chi connectivity index (χ3n) is 1.32. The van der Waals surface area contributed by atoms with Crippen LogP contribution in [0.3, 0.4) is 0 Å². The van der Waals surface area contributed by atoms with E-state index in [1.54, 1.807) is 5.92 Å². The lowest BCUT2D eigenvalue weighted by atomic mass is 10.2. The van der Waals surface area contributed by atoms with Crippen molar-refractivity contribution in [3.63, 3.8) is 0 Å². The fraction of sp³-hybridized carbons (Fsp3) is 0. The summed E-state index contributed by atoms with van der Waals surface area (Å²) < 4.78 is 38.0. The molecule has 72 valence electrons. The highest BCUT2D eigenvalue weighted by atomic mass is 19.1. The summed E-state index contributed by atoms with van der Waals surface area (Å²) in [4.78, 5) is 10.2. The van der Waals surface area contributed by atoms with Crippen molar-refractivity contribution in [1.29, 1.82) is 0 Å². The number of hydrogen-bond acceptors (Lipinski definition) is 1. The van der Waals surface area contributed by atoms with Crippen molar-refractivity contribution < 1.29 is 18.0 Å². The molecule has 0 unspecified atom stereocenters. The highest BCUT2D eigenvalue weighted by Gasteiger charge is 2.08. The Kier molecular flexibility index (Phi) is 2.77. The third-order valence-corrected chi connectivity index (χ3v) is 1.32. The van der Waals surface area contributed by atoms with Crippen molar-refractivity contribution in [2.24, 2.45) is 5.73 Å².